The molecule has 114 valence electrons. The van der Waals surface area contributed by atoms with E-state index in [2.05, 4.69) is 17.2 Å². The standard InChI is InChI=1S/C16H28N2O2/c1-6-7-8-9-14(17-5)13-10-11-18(12-13)15(19)20-16(2,3)4/h13-14,17H,8-12H2,1-5H3. The van der Waals surface area contributed by atoms with Gasteiger partial charge in [0.25, 0.3) is 0 Å². The molecule has 1 aliphatic heterocycles. The van der Waals surface area contributed by atoms with Gasteiger partial charge >= 0.3 is 6.09 Å². The maximum Gasteiger partial charge on any atom is 0.410 e. The molecule has 0 aromatic carbocycles. The fourth-order valence-electron chi connectivity index (χ4n) is 2.58. The van der Waals surface area contributed by atoms with Gasteiger partial charge in [-0.25, -0.2) is 4.79 Å². The Labute approximate surface area is 123 Å². The second-order valence-electron chi connectivity index (χ2n) is 6.34. The minimum absolute atomic E-state index is 0.191. The van der Waals surface area contributed by atoms with Crippen LogP contribution in [-0.4, -0.2) is 42.8 Å². The molecular weight excluding hydrogens is 252 g/mol. The smallest absolute Gasteiger partial charge is 0.410 e. The molecule has 1 saturated heterocycles. The van der Waals surface area contributed by atoms with Gasteiger partial charge in [0.05, 0.1) is 0 Å². The lowest BCUT2D eigenvalue weighted by Gasteiger charge is -2.26. The highest BCUT2D eigenvalue weighted by atomic mass is 16.6. The topological polar surface area (TPSA) is 41.6 Å². The summed E-state index contributed by atoms with van der Waals surface area (Å²) < 4.78 is 5.43. The van der Waals surface area contributed by atoms with Gasteiger partial charge in [-0.2, -0.15) is 0 Å². The predicted octanol–water partition coefficient (Wildman–Crippen LogP) is 2.63. The molecule has 4 nitrogen and oxygen atoms in total. The van der Waals surface area contributed by atoms with Crippen LogP contribution >= 0.6 is 0 Å². The van der Waals surface area contributed by atoms with Gasteiger partial charge in [-0.15, -0.1) is 11.8 Å². The highest BCUT2D eigenvalue weighted by Gasteiger charge is 2.33. The Bertz CT molecular complexity index is 376. The third-order valence-corrected chi connectivity index (χ3v) is 3.57. The lowest BCUT2D eigenvalue weighted by molar-refractivity contribution is 0.0285. The maximum atomic E-state index is 12.0. The molecule has 2 unspecified atom stereocenters. The maximum absolute atomic E-state index is 12.0. The van der Waals surface area contributed by atoms with Gasteiger partial charge in [0, 0.05) is 25.6 Å². The number of rotatable bonds is 4. The van der Waals surface area contributed by atoms with Crippen LogP contribution in [0.4, 0.5) is 4.79 Å². The molecule has 4 heteroatoms. The van der Waals surface area contributed by atoms with Crippen LogP contribution in [0.5, 0.6) is 0 Å². The SMILES string of the molecule is CC#CCCC(NC)C1CCN(C(=O)OC(C)(C)C)C1. The third-order valence-electron chi connectivity index (χ3n) is 3.57. The van der Waals surface area contributed by atoms with E-state index in [-0.39, 0.29) is 6.09 Å². The molecule has 1 heterocycles. The Morgan fingerprint density at radius 3 is 2.75 bits per heavy atom. The zero-order chi connectivity index (χ0) is 15.2. The fraction of sp³-hybridized carbons (Fsp3) is 0.812. The largest absolute Gasteiger partial charge is 0.444 e. The van der Waals surface area contributed by atoms with E-state index in [0.29, 0.717) is 12.0 Å². The normalized spacial score (nSPS) is 20.2. The Morgan fingerprint density at radius 2 is 2.20 bits per heavy atom. The first-order chi connectivity index (χ1) is 9.37. The summed E-state index contributed by atoms with van der Waals surface area (Å²) in [4.78, 5) is 13.9. The van der Waals surface area contributed by atoms with Crippen molar-refractivity contribution >= 4 is 6.09 Å². The zero-order valence-corrected chi connectivity index (χ0v) is 13.5. The summed E-state index contributed by atoms with van der Waals surface area (Å²) >= 11 is 0. The first kappa shape index (κ1) is 16.8. The number of amides is 1. The van der Waals surface area contributed by atoms with Crippen molar-refractivity contribution in [1.82, 2.24) is 10.2 Å². The summed E-state index contributed by atoms with van der Waals surface area (Å²) in [6, 6.07) is 0.420. The predicted molar refractivity (Wildman–Crippen MR) is 81.4 cm³/mol. The number of likely N-dealkylation sites (tertiary alicyclic amines) is 1. The van der Waals surface area contributed by atoms with Gasteiger partial charge in [-0.05, 0) is 53.5 Å². The summed E-state index contributed by atoms with van der Waals surface area (Å²) in [6.07, 6.45) is 2.78. The summed E-state index contributed by atoms with van der Waals surface area (Å²) in [5, 5.41) is 3.36. The van der Waals surface area contributed by atoms with Crippen molar-refractivity contribution in [2.75, 3.05) is 20.1 Å². The Morgan fingerprint density at radius 1 is 1.50 bits per heavy atom. The Hall–Kier alpha value is -1.21. The zero-order valence-electron chi connectivity index (χ0n) is 13.5. The number of ether oxygens (including phenoxy) is 1. The van der Waals surface area contributed by atoms with Crippen molar-refractivity contribution in [2.24, 2.45) is 5.92 Å². The van der Waals surface area contributed by atoms with Crippen LogP contribution < -0.4 is 5.32 Å². The van der Waals surface area contributed by atoms with Crippen molar-refractivity contribution in [2.45, 2.75) is 58.6 Å². The fourth-order valence-corrected chi connectivity index (χ4v) is 2.58. The molecule has 1 aliphatic rings. The van der Waals surface area contributed by atoms with Gasteiger partial charge in [0.2, 0.25) is 0 Å². The van der Waals surface area contributed by atoms with Crippen LogP contribution in [0.1, 0.15) is 47.0 Å². The molecule has 1 fully saturated rings. The van der Waals surface area contributed by atoms with E-state index in [1.807, 2.05) is 39.6 Å². The van der Waals surface area contributed by atoms with Gasteiger partial charge in [-0.3, -0.25) is 0 Å². The second-order valence-corrected chi connectivity index (χ2v) is 6.34. The monoisotopic (exact) mass is 280 g/mol. The molecule has 0 spiro atoms. The van der Waals surface area contributed by atoms with Crippen LogP contribution in [0.3, 0.4) is 0 Å². The van der Waals surface area contributed by atoms with E-state index >= 15 is 0 Å². The molecule has 2 atom stereocenters. The summed E-state index contributed by atoms with van der Waals surface area (Å²) in [6.45, 7) is 9.14. The molecule has 20 heavy (non-hydrogen) atoms. The van der Waals surface area contributed by atoms with Crippen LogP contribution in [0, 0.1) is 17.8 Å². The molecule has 1 N–H and O–H groups in total. The van der Waals surface area contributed by atoms with E-state index in [1.54, 1.807) is 0 Å². The minimum Gasteiger partial charge on any atom is -0.444 e. The minimum atomic E-state index is -0.422. The van der Waals surface area contributed by atoms with E-state index in [4.69, 9.17) is 4.74 Å². The molecule has 0 aromatic rings. The van der Waals surface area contributed by atoms with Crippen molar-refractivity contribution in [3.63, 3.8) is 0 Å². The average Bonchev–Trinajstić information content (AvgIpc) is 2.82. The molecule has 0 aliphatic carbocycles. The number of carbonyl (C=O) groups is 1. The third kappa shape index (κ3) is 5.42. The van der Waals surface area contributed by atoms with Crippen LogP contribution in [0.25, 0.3) is 0 Å². The first-order valence-electron chi connectivity index (χ1n) is 7.42. The van der Waals surface area contributed by atoms with E-state index in [9.17, 15) is 4.79 Å². The van der Waals surface area contributed by atoms with Gasteiger partial charge in [-0.1, -0.05) is 0 Å². The van der Waals surface area contributed by atoms with E-state index in [1.165, 1.54) is 0 Å². The number of nitrogens with zero attached hydrogens (tertiary/aromatic N) is 1. The average molecular weight is 280 g/mol. The quantitative estimate of drug-likeness (QED) is 0.805. The van der Waals surface area contributed by atoms with Crippen molar-refractivity contribution < 1.29 is 9.53 Å². The van der Waals surface area contributed by atoms with Gasteiger partial charge < -0.3 is 15.0 Å². The first-order valence-corrected chi connectivity index (χ1v) is 7.42. The molecule has 0 bridgehead atoms. The van der Waals surface area contributed by atoms with Crippen molar-refractivity contribution in [1.29, 1.82) is 0 Å². The molecule has 0 aromatic heterocycles. The number of carbonyl (C=O) groups excluding carboxylic acids is 1. The number of hydrogen-bond acceptors (Lipinski definition) is 3. The van der Waals surface area contributed by atoms with Gasteiger partial charge in [0.15, 0.2) is 0 Å². The molecule has 0 saturated carbocycles. The van der Waals surface area contributed by atoms with Crippen LogP contribution in [-0.2, 0) is 4.74 Å². The summed E-state index contributed by atoms with van der Waals surface area (Å²) in [7, 11) is 1.99. The van der Waals surface area contributed by atoms with E-state index < -0.39 is 5.60 Å². The molecule has 0 radical (unpaired) electrons. The molecule has 1 amide bonds. The van der Waals surface area contributed by atoms with Crippen LogP contribution in [0.2, 0.25) is 0 Å². The van der Waals surface area contributed by atoms with Gasteiger partial charge in [0.1, 0.15) is 5.60 Å². The second kappa shape index (κ2) is 7.54. The lowest BCUT2D eigenvalue weighted by atomic mass is 9.95. The lowest BCUT2D eigenvalue weighted by Crippen LogP contribution is -2.38. The Balaban J connectivity index is 2.47. The van der Waals surface area contributed by atoms with E-state index in [0.717, 1.165) is 32.4 Å². The van der Waals surface area contributed by atoms with Crippen molar-refractivity contribution in [3.05, 3.63) is 0 Å². The van der Waals surface area contributed by atoms with Crippen LogP contribution in [0.15, 0.2) is 0 Å². The molecular formula is C16H28N2O2. The highest BCUT2D eigenvalue weighted by Crippen LogP contribution is 2.24. The number of hydrogen-bond donors (Lipinski definition) is 1. The van der Waals surface area contributed by atoms with Crippen molar-refractivity contribution in [3.8, 4) is 11.8 Å². The molecule has 1 rings (SSSR count). The summed E-state index contributed by atoms with van der Waals surface area (Å²) in [5.41, 5.74) is -0.422. The summed E-state index contributed by atoms with van der Waals surface area (Å²) in [5.74, 6) is 6.53. The Kier molecular flexibility index (Phi) is 6.35. The highest BCUT2D eigenvalue weighted by molar-refractivity contribution is 5.68. The number of nitrogens with one attached hydrogen (secondary N) is 1.